The number of aliphatic hydroxyl groups excluding tert-OH is 3. The molecule has 1 saturated heterocycles. The first-order valence-electron chi connectivity index (χ1n) is 6.90. The number of hydrogen-bond donors (Lipinski definition) is 3. The molecule has 1 fully saturated rings. The van der Waals surface area contributed by atoms with Crippen molar-refractivity contribution in [3.63, 3.8) is 0 Å². The molecule has 0 aromatic heterocycles. The molecule has 0 aliphatic carbocycles. The molecule has 1 rings (SSSR count). The van der Waals surface area contributed by atoms with Crippen molar-refractivity contribution in [3.8, 4) is 0 Å². The van der Waals surface area contributed by atoms with E-state index in [-0.39, 0.29) is 25.8 Å². The van der Waals surface area contributed by atoms with Crippen molar-refractivity contribution < 1.29 is 24.9 Å². The second-order valence-corrected chi connectivity index (χ2v) is 6.00. The Morgan fingerprint density at radius 3 is 2.25 bits per heavy atom. The molecule has 0 aromatic carbocycles. The van der Waals surface area contributed by atoms with Gasteiger partial charge in [0.1, 0.15) is 5.60 Å². The largest absolute Gasteiger partial charge is 0.444 e. The lowest BCUT2D eigenvalue weighted by atomic mass is 10.2. The van der Waals surface area contributed by atoms with Crippen molar-refractivity contribution >= 4 is 6.09 Å². The number of carbonyl (C=O) groups excluding carboxylic acids is 1. The van der Waals surface area contributed by atoms with Crippen LogP contribution in [0.2, 0.25) is 0 Å². The van der Waals surface area contributed by atoms with E-state index in [0.717, 1.165) is 0 Å². The van der Waals surface area contributed by atoms with Crippen LogP contribution in [0.4, 0.5) is 4.79 Å². The summed E-state index contributed by atoms with van der Waals surface area (Å²) in [4.78, 5) is 15.2. The zero-order valence-electron chi connectivity index (χ0n) is 12.4. The summed E-state index contributed by atoms with van der Waals surface area (Å²) < 4.78 is 5.28. The monoisotopic (exact) mass is 290 g/mol. The van der Waals surface area contributed by atoms with Gasteiger partial charge in [0, 0.05) is 19.6 Å². The maximum atomic E-state index is 12.0. The highest BCUT2D eigenvalue weighted by atomic mass is 16.6. The molecule has 0 saturated carbocycles. The molecule has 1 aliphatic heterocycles. The maximum Gasteiger partial charge on any atom is 0.410 e. The van der Waals surface area contributed by atoms with Crippen LogP contribution in [0.15, 0.2) is 0 Å². The summed E-state index contributed by atoms with van der Waals surface area (Å²) in [5.41, 5.74) is -0.573. The van der Waals surface area contributed by atoms with E-state index in [2.05, 4.69) is 0 Å². The lowest BCUT2D eigenvalue weighted by Crippen LogP contribution is -2.46. The molecule has 1 amide bonds. The van der Waals surface area contributed by atoms with Gasteiger partial charge in [0.05, 0.1) is 31.9 Å². The van der Waals surface area contributed by atoms with Crippen molar-refractivity contribution in [2.75, 3.05) is 39.4 Å². The summed E-state index contributed by atoms with van der Waals surface area (Å²) in [6, 6.07) is -0.290. The molecule has 1 heterocycles. The molecule has 0 radical (unpaired) electrons. The molecule has 2 atom stereocenters. The lowest BCUT2D eigenvalue weighted by Gasteiger charge is -2.29. The third kappa shape index (κ3) is 4.90. The summed E-state index contributed by atoms with van der Waals surface area (Å²) in [6.07, 6.45) is -1.16. The van der Waals surface area contributed by atoms with Crippen LogP contribution in [0, 0.1) is 0 Å². The molecule has 0 spiro atoms. The van der Waals surface area contributed by atoms with Gasteiger partial charge in [0.15, 0.2) is 0 Å². The highest BCUT2D eigenvalue weighted by Gasteiger charge is 2.38. The molecule has 3 N–H and O–H groups in total. The van der Waals surface area contributed by atoms with Crippen LogP contribution in [0.3, 0.4) is 0 Å². The van der Waals surface area contributed by atoms with Crippen molar-refractivity contribution in [2.45, 2.75) is 38.5 Å². The summed E-state index contributed by atoms with van der Waals surface area (Å²) in [5.74, 6) is 0. The van der Waals surface area contributed by atoms with Crippen LogP contribution in [0.1, 0.15) is 20.8 Å². The van der Waals surface area contributed by atoms with E-state index in [9.17, 15) is 9.90 Å². The molecule has 7 nitrogen and oxygen atoms in total. The van der Waals surface area contributed by atoms with Gasteiger partial charge in [-0.15, -0.1) is 0 Å². The Morgan fingerprint density at radius 2 is 1.80 bits per heavy atom. The second-order valence-electron chi connectivity index (χ2n) is 6.00. The number of amides is 1. The Labute approximate surface area is 119 Å². The van der Waals surface area contributed by atoms with E-state index in [0.29, 0.717) is 19.6 Å². The number of hydrogen-bond acceptors (Lipinski definition) is 6. The normalized spacial score (nSPS) is 23.4. The standard InChI is InChI=1S/C13H26N2O5/c1-13(2,3)20-12(19)15-8-10(11(18)9-15)14(4-6-16)5-7-17/h10-11,16-18H,4-9H2,1-3H3/t10-,11-/m1/s1. The summed E-state index contributed by atoms with van der Waals surface area (Å²) in [5, 5.41) is 28.1. The molecular weight excluding hydrogens is 264 g/mol. The van der Waals surface area contributed by atoms with Crippen molar-refractivity contribution in [2.24, 2.45) is 0 Å². The number of likely N-dealkylation sites (tertiary alicyclic amines) is 1. The molecule has 1 aliphatic rings. The molecule has 7 heteroatoms. The Morgan fingerprint density at radius 1 is 1.25 bits per heavy atom. The van der Waals surface area contributed by atoms with Crippen LogP contribution in [-0.2, 0) is 4.74 Å². The van der Waals surface area contributed by atoms with Gasteiger partial charge in [0.2, 0.25) is 0 Å². The predicted molar refractivity (Wildman–Crippen MR) is 73.3 cm³/mol. The number of aliphatic hydroxyl groups is 3. The van der Waals surface area contributed by atoms with Crippen LogP contribution in [0.25, 0.3) is 0 Å². The van der Waals surface area contributed by atoms with E-state index in [4.69, 9.17) is 14.9 Å². The maximum absolute atomic E-state index is 12.0. The fourth-order valence-electron chi connectivity index (χ4n) is 2.30. The third-order valence-corrected chi connectivity index (χ3v) is 3.15. The van der Waals surface area contributed by atoms with Gasteiger partial charge in [-0.3, -0.25) is 4.90 Å². The van der Waals surface area contributed by atoms with E-state index >= 15 is 0 Å². The number of carbonyl (C=O) groups is 1. The second kappa shape index (κ2) is 7.21. The van der Waals surface area contributed by atoms with Gasteiger partial charge in [0.25, 0.3) is 0 Å². The molecule has 118 valence electrons. The first kappa shape index (κ1) is 17.2. The van der Waals surface area contributed by atoms with E-state index < -0.39 is 17.8 Å². The van der Waals surface area contributed by atoms with Crippen LogP contribution >= 0.6 is 0 Å². The minimum atomic E-state index is -0.708. The number of rotatable bonds is 5. The first-order chi connectivity index (χ1) is 9.28. The smallest absolute Gasteiger partial charge is 0.410 e. The highest BCUT2D eigenvalue weighted by Crippen LogP contribution is 2.19. The van der Waals surface area contributed by atoms with E-state index in [1.807, 2.05) is 0 Å². The lowest BCUT2D eigenvalue weighted by molar-refractivity contribution is 0.0269. The Bertz CT molecular complexity index is 312. The minimum absolute atomic E-state index is 0.0599. The third-order valence-electron chi connectivity index (χ3n) is 3.15. The molecule has 0 unspecified atom stereocenters. The summed E-state index contributed by atoms with van der Waals surface area (Å²) >= 11 is 0. The minimum Gasteiger partial charge on any atom is -0.444 e. The van der Waals surface area contributed by atoms with E-state index in [1.165, 1.54) is 4.90 Å². The Kier molecular flexibility index (Phi) is 6.19. The Balaban J connectivity index is 2.63. The van der Waals surface area contributed by atoms with Crippen molar-refractivity contribution in [3.05, 3.63) is 0 Å². The van der Waals surface area contributed by atoms with Gasteiger partial charge in [-0.1, -0.05) is 0 Å². The first-order valence-corrected chi connectivity index (χ1v) is 6.90. The molecule has 0 bridgehead atoms. The number of β-amino-alcohol motifs (C(OH)–C–C–N with tert-alkyl or cyclic N) is 1. The van der Waals surface area contributed by atoms with Crippen LogP contribution < -0.4 is 0 Å². The van der Waals surface area contributed by atoms with Crippen molar-refractivity contribution in [1.29, 1.82) is 0 Å². The van der Waals surface area contributed by atoms with Gasteiger partial charge >= 0.3 is 6.09 Å². The molecule has 0 aromatic rings. The number of ether oxygens (including phenoxy) is 1. The van der Waals surface area contributed by atoms with Crippen molar-refractivity contribution in [1.82, 2.24) is 9.80 Å². The average Bonchev–Trinajstić information content (AvgIpc) is 2.69. The van der Waals surface area contributed by atoms with Gasteiger partial charge in [-0.25, -0.2) is 4.79 Å². The van der Waals surface area contributed by atoms with Crippen LogP contribution in [0.5, 0.6) is 0 Å². The van der Waals surface area contributed by atoms with E-state index in [1.54, 1.807) is 25.7 Å². The SMILES string of the molecule is CC(C)(C)OC(=O)N1C[C@@H](O)[C@H](N(CCO)CCO)C1. The van der Waals surface area contributed by atoms with Gasteiger partial charge in [-0.05, 0) is 20.8 Å². The molecule has 20 heavy (non-hydrogen) atoms. The zero-order chi connectivity index (χ0) is 15.3. The van der Waals surface area contributed by atoms with Crippen LogP contribution in [-0.4, -0.2) is 88.4 Å². The average molecular weight is 290 g/mol. The van der Waals surface area contributed by atoms with Gasteiger partial charge < -0.3 is 25.0 Å². The summed E-state index contributed by atoms with van der Waals surface area (Å²) in [6.45, 7) is 6.49. The topological polar surface area (TPSA) is 93.5 Å². The quantitative estimate of drug-likeness (QED) is 0.617. The zero-order valence-corrected chi connectivity index (χ0v) is 12.4. The fourth-order valence-corrected chi connectivity index (χ4v) is 2.30. The fraction of sp³-hybridized carbons (Fsp3) is 0.923. The van der Waals surface area contributed by atoms with Gasteiger partial charge in [-0.2, -0.15) is 0 Å². The highest BCUT2D eigenvalue weighted by molar-refractivity contribution is 5.68. The predicted octanol–water partition coefficient (Wildman–Crippen LogP) is -0.747. The summed E-state index contributed by atoms with van der Waals surface area (Å²) in [7, 11) is 0. The molecular formula is C13H26N2O5. The Hall–Kier alpha value is -0.890. The number of nitrogens with zero attached hydrogens (tertiary/aromatic N) is 2.